The Kier molecular flexibility index (Phi) is 6.54. The third-order valence-electron chi connectivity index (χ3n) is 5.18. The summed E-state index contributed by atoms with van der Waals surface area (Å²) in [6.07, 6.45) is 1.50. The van der Waals surface area contributed by atoms with E-state index in [0.717, 1.165) is 11.1 Å². The van der Waals surface area contributed by atoms with E-state index in [1.165, 1.54) is 11.3 Å². The third-order valence-corrected chi connectivity index (χ3v) is 6.42. The van der Waals surface area contributed by atoms with Gasteiger partial charge in [0.05, 0.1) is 35.1 Å². The lowest BCUT2D eigenvalue weighted by molar-refractivity contribution is -0.143. The van der Waals surface area contributed by atoms with Gasteiger partial charge in [0.25, 0.3) is 5.56 Å². The molecule has 0 saturated heterocycles. The van der Waals surface area contributed by atoms with Crippen LogP contribution < -0.4 is 19.6 Å². The van der Waals surface area contributed by atoms with Crippen molar-refractivity contribution in [1.82, 2.24) is 4.57 Å². The molecule has 8 heteroatoms. The number of aromatic nitrogens is 1. The number of ether oxygens (including phenoxy) is 2. The molecule has 2 heterocycles. The molecule has 0 radical (unpaired) electrons. The average molecular weight is 483 g/mol. The lowest BCUT2D eigenvalue weighted by Crippen LogP contribution is -2.40. The average Bonchev–Trinajstić information content (AvgIpc) is 3.08. The van der Waals surface area contributed by atoms with Crippen LogP contribution in [0.15, 0.2) is 69.6 Å². The van der Waals surface area contributed by atoms with Crippen molar-refractivity contribution < 1.29 is 14.3 Å². The lowest BCUT2D eigenvalue weighted by Gasteiger charge is -2.25. The molecule has 3 aromatic rings. The Hall–Kier alpha value is -3.16. The zero-order valence-electron chi connectivity index (χ0n) is 18.7. The van der Waals surface area contributed by atoms with E-state index in [1.807, 2.05) is 24.3 Å². The zero-order valence-corrected chi connectivity index (χ0v) is 20.2. The number of carbonyl (C=O) groups is 1. The first-order valence-corrected chi connectivity index (χ1v) is 11.6. The molecule has 0 bridgehead atoms. The predicted molar refractivity (Wildman–Crippen MR) is 129 cm³/mol. The summed E-state index contributed by atoms with van der Waals surface area (Å²) >= 11 is 7.27. The van der Waals surface area contributed by atoms with Gasteiger partial charge in [0.2, 0.25) is 0 Å². The molecule has 0 saturated carbocycles. The summed E-state index contributed by atoms with van der Waals surface area (Å²) in [5, 5.41) is 0.622. The van der Waals surface area contributed by atoms with Gasteiger partial charge in [-0.25, -0.2) is 9.79 Å². The number of thiazole rings is 1. The Morgan fingerprint density at radius 3 is 2.42 bits per heavy atom. The van der Waals surface area contributed by atoms with Crippen molar-refractivity contribution in [2.45, 2.75) is 32.9 Å². The molecule has 4 rings (SSSR count). The first kappa shape index (κ1) is 23.0. The van der Waals surface area contributed by atoms with Crippen molar-refractivity contribution in [3.63, 3.8) is 0 Å². The maximum Gasteiger partial charge on any atom is 0.338 e. The number of esters is 1. The number of methoxy groups -OCH3 is 1. The normalized spacial score (nSPS) is 15.9. The molecule has 1 aliphatic heterocycles. The highest BCUT2D eigenvalue weighted by Crippen LogP contribution is 2.31. The van der Waals surface area contributed by atoms with Gasteiger partial charge in [-0.15, -0.1) is 0 Å². The lowest BCUT2D eigenvalue weighted by atomic mass is 9.96. The second-order valence-electron chi connectivity index (χ2n) is 7.86. The highest BCUT2D eigenvalue weighted by Gasteiger charge is 2.33. The molecule has 2 aromatic carbocycles. The van der Waals surface area contributed by atoms with Gasteiger partial charge in [0.1, 0.15) is 5.75 Å². The Balaban J connectivity index is 1.92. The number of nitrogens with zero attached hydrogens (tertiary/aromatic N) is 2. The molecule has 0 spiro atoms. The largest absolute Gasteiger partial charge is 0.497 e. The number of hydrogen-bond donors (Lipinski definition) is 0. The summed E-state index contributed by atoms with van der Waals surface area (Å²) in [5.74, 6) is 0.194. The molecule has 170 valence electrons. The summed E-state index contributed by atoms with van der Waals surface area (Å²) < 4.78 is 12.9. The molecule has 1 aliphatic rings. The Morgan fingerprint density at radius 1 is 1.15 bits per heavy atom. The molecule has 0 aliphatic carbocycles. The van der Waals surface area contributed by atoms with Crippen LogP contribution in [0.3, 0.4) is 0 Å². The van der Waals surface area contributed by atoms with Crippen LogP contribution in [-0.2, 0) is 9.53 Å². The Morgan fingerprint density at radius 2 is 1.82 bits per heavy atom. The van der Waals surface area contributed by atoms with Gasteiger partial charge in [-0.2, -0.15) is 0 Å². The molecule has 33 heavy (non-hydrogen) atoms. The van der Waals surface area contributed by atoms with E-state index < -0.39 is 12.0 Å². The fourth-order valence-corrected chi connectivity index (χ4v) is 4.84. The molecule has 0 N–H and O–H groups in total. The molecular weight excluding hydrogens is 460 g/mol. The van der Waals surface area contributed by atoms with E-state index in [2.05, 4.69) is 4.99 Å². The van der Waals surface area contributed by atoms with Crippen LogP contribution in [0.1, 0.15) is 37.9 Å². The van der Waals surface area contributed by atoms with Gasteiger partial charge >= 0.3 is 5.97 Å². The van der Waals surface area contributed by atoms with Crippen molar-refractivity contribution in [2.75, 3.05) is 7.11 Å². The topological polar surface area (TPSA) is 69.9 Å². The van der Waals surface area contributed by atoms with E-state index in [9.17, 15) is 9.59 Å². The highest BCUT2D eigenvalue weighted by molar-refractivity contribution is 7.07. The van der Waals surface area contributed by atoms with Gasteiger partial charge in [-0.3, -0.25) is 9.36 Å². The minimum atomic E-state index is -0.661. The fourth-order valence-electron chi connectivity index (χ4n) is 3.67. The van der Waals surface area contributed by atoms with Crippen LogP contribution in [0.25, 0.3) is 6.08 Å². The summed E-state index contributed by atoms with van der Waals surface area (Å²) in [7, 11) is 1.59. The first-order valence-electron chi connectivity index (χ1n) is 10.4. The summed E-state index contributed by atoms with van der Waals surface area (Å²) in [5.41, 5.74) is 2.26. The maximum absolute atomic E-state index is 13.5. The molecular formula is C25H23ClN2O4S. The minimum absolute atomic E-state index is 0.225. The van der Waals surface area contributed by atoms with Crippen LogP contribution in [0.2, 0.25) is 5.02 Å². The molecule has 0 amide bonds. The summed E-state index contributed by atoms with van der Waals surface area (Å²) in [6, 6.07) is 13.9. The van der Waals surface area contributed by atoms with E-state index in [-0.39, 0.29) is 11.7 Å². The van der Waals surface area contributed by atoms with E-state index in [0.29, 0.717) is 31.4 Å². The number of benzene rings is 2. The van der Waals surface area contributed by atoms with Crippen LogP contribution in [-0.4, -0.2) is 23.8 Å². The van der Waals surface area contributed by atoms with Crippen molar-refractivity contribution >= 4 is 35.0 Å². The maximum atomic E-state index is 13.5. The van der Waals surface area contributed by atoms with Crippen molar-refractivity contribution in [2.24, 2.45) is 4.99 Å². The van der Waals surface area contributed by atoms with Gasteiger partial charge in [0, 0.05) is 5.02 Å². The Labute approximate surface area is 200 Å². The quantitative estimate of drug-likeness (QED) is 0.518. The van der Waals surface area contributed by atoms with Gasteiger partial charge in [-0.1, -0.05) is 47.2 Å². The number of rotatable bonds is 5. The standard InChI is InChI=1S/C25H23ClN2O4S/c1-14(2)32-24(30)21-15(3)27-25-28(22(21)17-7-11-19(31-4)12-8-17)23(29)20(33-25)13-16-5-9-18(26)10-6-16/h5-14,22H,1-4H3/b20-13+. The number of fused-ring (bicyclic) bond motifs is 1. The van der Waals surface area contributed by atoms with E-state index in [1.54, 1.807) is 62.8 Å². The Bertz CT molecular complexity index is 1400. The highest BCUT2D eigenvalue weighted by atomic mass is 35.5. The van der Waals surface area contributed by atoms with Crippen molar-refractivity contribution in [3.05, 3.63) is 95.6 Å². The number of allylic oxidation sites excluding steroid dienone is 1. The predicted octanol–water partition coefficient (Wildman–Crippen LogP) is 3.85. The SMILES string of the molecule is COc1ccc(C2C(C(=O)OC(C)C)=C(C)N=c3s/c(=C/c4ccc(Cl)cc4)c(=O)n32)cc1. The summed E-state index contributed by atoms with van der Waals surface area (Å²) in [4.78, 5) is 31.7. The molecule has 0 fully saturated rings. The van der Waals surface area contributed by atoms with E-state index in [4.69, 9.17) is 21.1 Å². The monoisotopic (exact) mass is 482 g/mol. The van der Waals surface area contributed by atoms with Crippen LogP contribution >= 0.6 is 22.9 Å². The molecule has 1 unspecified atom stereocenters. The van der Waals surface area contributed by atoms with Gasteiger partial charge in [0.15, 0.2) is 4.80 Å². The second-order valence-corrected chi connectivity index (χ2v) is 9.31. The van der Waals surface area contributed by atoms with Gasteiger partial charge in [-0.05, 0) is 62.2 Å². The van der Waals surface area contributed by atoms with Crippen molar-refractivity contribution in [3.8, 4) is 5.75 Å². The second kappa shape index (κ2) is 9.37. The zero-order chi connectivity index (χ0) is 23.7. The first-order chi connectivity index (χ1) is 15.8. The number of hydrogen-bond acceptors (Lipinski definition) is 6. The number of halogens is 1. The molecule has 6 nitrogen and oxygen atoms in total. The van der Waals surface area contributed by atoms with Crippen LogP contribution in [0.4, 0.5) is 0 Å². The molecule has 1 atom stereocenters. The van der Waals surface area contributed by atoms with Crippen LogP contribution in [0, 0.1) is 0 Å². The minimum Gasteiger partial charge on any atom is -0.497 e. The van der Waals surface area contributed by atoms with Crippen LogP contribution in [0.5, 0.6) is 5.75 Å². The number of carbonyl (C=O) groups excluding carboxylic acids is 1. The summed E-state index contributed by atoms with van der Waals surface area (Å²) in [6.45, 7) is 5.35. The van der Waals surface area contributed by atoms with Crippen molar-refractivity contribution in [1.29, 1.82) is 0 Å². The van der Waals surface area contributed by atoms with E-state index >= 15 is 0 Å². The smallest absolute Gasteiger partial charge is 0.338 e. The third kappa shape index (κ3) is 4.65. The fraction of sp³-hybridized carbons (Fsp3) is 0.240. The molecule has 1 aromatic heterocycles. The van der Waals surface area contributed by atoms with Gasteiger partial charge < -0.3 is 9.47 Å².